The monoisotopic (exact) mass is 394 g/mol. The Balaban J connectivity index is 1.09. The second-order valence-corrected chi connectivity index (χ2v) is 9.27. The van der Waals surface area contributed by atoms with Crippen LogP contribution < -0.4 is 0 Å². The highest BCUT2D eigenvalue weighted by Crippen LogP contribution is 2.40. The number of fused-ring (bicyclic) bond motifs is 1. The van der Waals surface area contributed by atoms with Crippen molar-refractivity contribution >= 4 is 11.9 Å². The first-order valence-electron chi connectivity index (χ1n) is 11.2. The summed E-state index contributed by atoms with van der Waals surface area (Å²) in [6, 6.07) is 0. The first kappa shape index (κ1) is 20.1. The van der Waals surface area contributed by atoms with E-state index < -0.39 is 0 Å². The van der Waals surface area contributed by atoms with Crippen molar-refractivity contribution in [3.63, 3.8) is 0 Å². The molecule has 0 radical (unpaired) electrons. The summed E-state index contributed by atoms with van der Waals surface area (Å²) in [7, 11) is 0. The maximum absolute atomic E-state index is 12.3. The number of rotatable bonds is 6. The van der Waals surface area contributed by atoms with Crippen LogP contribution in [-0.2, 0) is 28.5 Å². The molecule has 4 fully saturated rings. The molecule has 4 rings (SSSR count). The van der Waals surface area contributed by atoms with Gasteiger partial charge in [-0.25, -0.2) is 0 Å². The van der Waals surface area contributed by atoms with E-state index in [1.807, 2.05) is 6.92 Å². The number of esters is 2. The lowest BCUT2D eigenvalue weighted by Gasteiger charge is -2.30. The molecule has 4 aliphatic rings. The molecule has 0 aromatic carbocycles. The van der Waals surface area contributed by atoms with Gasteiger partial charge in [0.05, 0.1) is 43.4 Å². The summed E-state index contributed by atoms with van der Waals surface area (Å²) in [5.74, 6) is 0.829. The van der Waals surface area contributed by atoms with Crippen LogP contribution in [0.3, 0.4) is 0 Å². The van der Waals surface area contributed by atoms with E-state index >= 15 is 0 Å². The SMILES string of the molecule is CC1CC(C(=O)OCC2CCC(COC(=O)C3CCC4OC4C3)CC2)CCO1. The Morgan fingerprint density at radius 2 is 1.39 bits per heavy atom. The van der Waals surface area contributed by atoms with Gasteiger partial charge in [-0.3, -0.25) is 9.59 Å². The molecular weight excluding hydrogens is 360 g/mol. The van der Waals surface area contributed by atoms with Gasteiger partial charge in [0.25, 0.3) is 0 Å². The molecule has 2 aliphatic carbocycles. The molecular formula is C22H34O6. The third-order valence-electron chi connectivity index (χ3n) is 7.04. The maximum Gasteiger partial charge on any atom is 0.309 e. The van der Waals surface area contributed by atoms with Gasteiger partial charge in [-0.1, -0.05) is 0 Å². The number of carbonyl (C=O) groups is 2. The summed E-state index contributed by atoms with van der Waals surface area (Å²) >= 11 is 0. The molecule has 0 spiro atoms. The summed E-state index contributed by atoms with van der Waals surface area (Å²) in [6.45, 7) is 3.73. The third kappa shape index (κ3) is 5.26. The average Bonchev–Trinajstić information content (AvgIpc) is 3.50. The van der Waals surface area contributed by atoms with Gasteiger partial charge in [0.1, 0.15) is 0 Å². The van der Waals surface area contributed by atoms with Crippen LogP contribution in [0.1, 0.15) is 64.7 Å². The predicted molar refractivity (Wildman–Crippen MR) is 102 cm³/mol. The minimum absolute atomic E-state index is 0.00407. The van der Waals surface area contributed by atoms with Gasteiger partial charge in [0.2, 0.25) is 0 Å². The highest BCUT2D eigenvalue weighted by atomic mass is 16.6. The van der Waals surface area contributed by atoms with Gasteiger partial charge in [-0.15, -0.1) is 0 Å². The summed E-state index contributed by atoms with van der Waals surface area (Å²) in [6.07, 6.45) is 9.35. The Morgan fingerprint density at radius 3 is 1.96 bits per heavy atom. The minimum Gasteiger partial charge on any atom is -0.465 e. The van der Waals surface area contributed by atoms with Crippen LogP contribution in [0.4, 0.5) is 0 Å². The summed E-state index contributed by atoms with van der Waals surface area (Å²) in [4.78, 5) is 24.5. The molecule has 2 aliphatic heterocycles. The molecule has 5 atom stereocenters. The van der Waals surface area contributed by atoms with Crippen LogP contribution in [-0.4, -0.2) is 50.1 Å². The first-order chi connectivity index (χ1) is 13.6. The quantitative estimate of drug-likeness (QED) is 0.508. The molecule has 2 saturated carbocycles. The lowest BCUT2D eigenvalue weighted by Crippen LogP contribution is -2.31. The van der Waals surface area contributed by atoms with Gasteiger partial charge in [-0.05, 0) is 76.5 Å². The fourth-order valence-corrected chi connectivity index (χ4v) is 5.03. The second-order valence-electron chi connectivity index (χ2n) is 9.27. The van der Waals surface area contributed by atoms with Crippen molar-refractivity contribution in [3.8, 4) is 0 Å². The highest BCUT2D eigenvalue weighted by molar-refractivity contribution is 5.73. The van der Waals surface area contributed by atoms with Crippen molar-refractivity contribution in [2.45, 2.75) is 83.0 Å². The van der Waals surface area contributed by atoms with E-state index in [9.17, 15) is 9.59 Å². The Kier molecular flexibility index (Phi) is 6.56. The minimum atomic E-state index is -0.0550. The number of carbonyl (C=O) groups excluding carboxylic acids is 2. The van der Waals surface area contributed by atoms with E-state index in [2.05, 4.69) is 0 Å². The van der Waals surface area contributed by atoms with E-state index in [0.29, 0.717) is 43.9 Å². The molecule has 0 amide bonds. The zero-order valence-electron chi connectivity index (χ0n) is 17.0. The Morgan fingerprint density at radius 1 is 0.786 bits per heavy atom. The van der Waals surface area contributed by atoms with E-state index in [4.69, 9.17) is 18.9 Å². The summed E-state index contributed by atoms with van der Waals surface area (Å²) in [5.41, 5.74) is 0. The van der Waals surface area contributed by atoms with Crippen LogP contribution >= 0.6 is 0 Å². The Labute approximate surface area is 167 Å². The average molecular weight is 395 g/mol. The second kappa shape index (κ2) is 9.12. The number of ether oxygens (including phenoxy) is 4. The van der Waals surface area contributed by atoms with Crippen molar-refractivity contribution in [1.82, 2.24) is 0 Å². The van der Waals surface area contributed by atoms with Crippen molar-refractivity contribution in [2.75, 3.05) is 19.8 Å². The zero-order valence-corrected chi connectivity index (χ0v) is 17.0. The lowest BCUT2D eigenvalue weighted by atomic mass is 9.82. The van der Waals surface area contributed by atoms with Crippen molar-refractivity contribution in [1.29, 1.82) is 0 Å². The molecule has 5 unspecified atom stereocenters. The molecule has 2 heterocycles. The van der Waals surface area contributed by atoms with Crippen LogP contribution in [0.25, 0.3) is 0 Å². The van der Waals surface area contributed by atoms with Gasteiger partial charge in [-0.2, -0.15) is 0 Å². The molecule has 158 valence electrons. The molecule has 0 aromatic rings. The first-order valence-corrected chi connectivity index (χ1v) is 11.2. The van der Waals surface area contributed by atoms with E-state index in [1.54, 1.807) is 0 Å². The summed E-state index contributed by atoms with van der Waals surface area (Å²) in [5, 5.41) is 0. The van der Waals surface area contributed by atoms with Gasteiger partial charge in [0, 0.05) is 6.61 Å². The molecule has 0 bridgehead atoms. The number of hydrogen-bond acceptors (Lipinski definition) is 6. The largest absolute Gasteiger partial charge is 0.465 e. The van der Waals surface area contributed by atoms with E-state index in [0.717, 1.165) is 57.8 Å². The smallest absolute Gasteiger partial charge is 0.309 e. The van der Waals surface area contributed by atoms with E-state index in [-0.39, 0.29) is 29.9 Å². The molecule has 6 nitrogen and oxygen atoms in total. The Hall–Kier alpha value is -1.14. The normalized spacial score (nSPS) is 40.2. The molecule has 6 heteroatoms. The highest BCUT2D eigenvalue weighted by Gasteiger charge is 2.46. The molecule has 2 saturated heterocycles. The number of epoxide rings is 1. The van der Waals surface area contributed by atoms with Crippen molar-refractivity contribution < 1.29 is 28.5 Å². The standard InChI is InChI=1S/C22H34O6/c1-14-10-18(8-9-25-14)22(24)27-13-16-4-2-15(3-5-16)12-26-21(23)17-6-7-19-20(11-17)28-19/h14-20H,2-13H2,1H3. The van der Waals surface area contributed by atoms with Gasteiger partial charge >= 0.3 is 11.9 Å². The molecule has 28 heavy (non-hydrogen) atoms. The van der Waals surface area contributed by atoms with Gasteiger partial charge in [0.15, 0.2) is 0 Å². The van der Waals surface area contributed by atoms with Gasteiger partial charge < -0.3 is 18.9 Å². The van der Waals surface area contributed by atoms with Crippen LogP contribution in [0.5, 0.6) is 0 Å². The van der Waals surface area contributed by atoms with Crippen molar-refractivity contribution in [3.05, 3.63) is 0 Å². The Bertz CT molecular complexity index is 525. The number of hydrogen-bond donors (Lipinski definition) is 0. The molecule has 0 N–H and O–H groups in total. The fraction of sp³-hybridized carbons (Fsp3) is 0.909. The topological polar surface area (TPSA) is 74.4 Å². The van der Waals surface area contributed by atoms with E-state index in [1.165, 1.54) is 0 Å². The summed E-state index contributed by atoms with van der Waals surface area (Å²) < 4.78 is 22.2. The third-order valence-corrected chi connectivity index (χ3v) is 7.04. The molecule has 0 aromatic heterocycles. The fourth-order valence-electron chi connectivity index (χ4n) is 5.03. The van der Waals surface area contributed by atoms with Crippen molar-refractivity contribution in [2.24, 2.45) is 23.7 Å². The predicted octanol–water partition coefficient (Wildman–Crippen LogP) is 3.26. The van der Waals surface area contributed by atoms with Crippen LogP contribution in [0, 0.1) is 23.7 Å². The maximum atomic E-state index is 12.3. The van der Waals surface area contributed by atoms with Crippen LogP contribution in [0.15, 0.2) is 0 Å². The lowest BCUT2D eigenvalue weighted by molar-refractivity contribution is -0.156. The zero-order chi connectivity index (χ0) is 19.5. The van der Waals surface area contributed by atoms with Crippen LogP contribution in [0.2, 0.25) is 0 Å².